The smallest absolute Gasteiger partial charge is 0.393 e. The zero-order chi connectivity index (χ0) is 20.1. The van der Waals surface area contributed by atoms with Gasteiger partial charge in [0.05, 0.1) is 6.10 Å². The standard InChI is InChI=1S/C16H29F3N4O3S/c1-2-20-15(22-13-3-5-14(24)6-4-13)21-11-12-7-9-23(10-8-12)27(25,26)16(17,18)19/h12-14,24H,2-11H2,1H3,(H2,20,21,22). The maximum Gasteiger partial charge on any atom is 0.511 e. The van der Waals surface area contributed by atoms with Crippen molar-refractivity contribution in [3.8, 4) is 0 Å². The van der Waals surface area contributed by atoms with Crippen LogP contribution in [0.1, 0.15) is 45.4 Å². The molecular formula is C16H29F3N4O3S. The highest BCUT2D eigenvalue weighted by Gasteiger charge is 2.50. The SMILES string of the molecule is CCNC(=NCC1CCN(S(=O)(=O)C(F)(F)F)CC1)NC1CCC(O)CC1. The molecule has 0 amide bonds. The first-order valence-corrected chi connectivity index (χ1v) is 10.9. The number of aliphatic imine (C=N–C) groups is 1. The molecule has 0 unspecified atom stereocenters. The van der Waals surface area contributed by atoms with Gasteiger partial charge in [-0.2, -0.15) is 17.5 Å². The van der Waals surface area contributed by atoms with E-state index in [0.29, 0.717) is 36.2 Å². The number of alkyl halides is 3. The predicted octanol–water partition coefficient (Wildman–Crippen LogP) is 1.41. The Morgan fingerprint density at radius 2 is 1.74 bits per heavy atom. The summed E-state index contributed by atoms with van der Waals surface area (Å²) in [5.74, 6) is 0.706. The Balaban J connectivity index is 1.85. The van der Waals surface area contributed by atoms with Gasteiger partial charge >= 0.3 is 15.5 Å². The van der Waals surface area contributed by atoms with Crippen LogP contribution in [0.4, 0.5) is 13.2 Å². The van der Waals surface area contributed by atoms with Crippen LogP contribution in [0, 0.1) is 5.92 Å². The fraction of sp³-hybridized carbons (Fsp3) is 0.938. The molecule has 0 atom stereocenters. The number of guanidine groups is 1. The monoisotopic (exact) mass is 414 g/mol. The van der Waals surface area contributed by atoms with Crippen LogP contribution in [0.25, 0.3) is 0 Å². The van der Waals surface area contributed by atoms with Gasteiger partial charge < -0.3 is 15.7 Å². The first-order valence-electron chi connectivity index (χ1n) is 9.42. The van der Waals surface area contributed by atoms with Crippen LogP contribution in [0.3, 0.4) is 0 Å². The number of hydrogen-bond acceptors (Lipinski definition) is 4. The predicted molar refractivity (Wildman–Crippen MR) is 96.6 cm³/mol. The fourth-order valence-corrected chi connectivity index (χ4v) is 4.42. The van der Waals surface area contributed by atoms with Crippen molar-refractivity contribution in [3.05, 3.63) is 0 Å². The van der Waals surface area contributed by atoms with Gasteiger partial charge in [0, 0.05) is 32.2 Å². The first-order chi connectivity index (χ1) is 12.6. The molecular weight excluding hydrogens is 385 g/mol. The van der Waals surface area contributed by atoms with Gasteiger partial charge in [-0.3, -0.25) is 4.99 Å². The molecule has 0 aromatic heterocycles. The molecule has 0 aromatic rings. The Kier molecular flexibility index (Phi) is 7.75. The molecule has 2 rings (SSSR count). The van der Waals surface area contributed by atoms with E-state index in [2.05, 4.69) is 15.6 Å². The summed E-state index contributed by atoms with van der Waals surface area (Å²) in [6, 6.07) is 0.241. The minimum atomic E-state index is -5.24. The number of nitrogens with one attached hydrogen (secondary N) is 2. The number of sulfonamides is 1. The van der Waals surface area contributed by atoms with Gasteiger partial charge in [0.1, 0.15) is 0 Å². The fourth-order valence-electron chi connectivity index (χ4n) is 3.43. The van der Waals surface area contributed by atoms with Crippen molar-refractivity contribution in [3.63, 3.8) is 0 Å². The van der Waals surface area contributed by atoms with Crippen LogP contribution in [0.5, 0.6) is 0 Å². The van der Waals surface area contributed by atoms with Crippen LogP contribution < -0.4 is 10.6 Å². The van der Waals surface area contributed by atoms with Crippen molar-refractivity contribution >= 4 is 16.0 Å². The van der Waals surface area contributed by atoms with Gasteiger partial charge in [-0.25, -0.2) is 8.42 Å². The first kappa shape index (κ1) is 22.2. The third-order valence-electron chi connectivity index (χ3n) is 5.10. The molecule has 0 radical (unpaired) electrons. The van der Waals surface area contributed by atoms with Crippen LogP contribution >= 0.6 is 0 Å². The molecule has 1 saturated carbocycles. The highest BCUT2D eigenvalue weighted by Crippen LogP contribution is 2.30. The van der Waals surface area contributed by atoms with Gasteiger partial charge in [-0.05, 0) is 51.4 Å². The minimum Gasteiger partial charge on any atom is -0.393 e. The summed E-state index contributed by atoms with van der Waals surface area (Å²) < 4.78 is 61.3. The highest BCUT2D eigenvalue weighted by molar-refractivity contribution is 7.90. The Bertz CT molecular complexity index is 597. The lowest BCUT2D eigenvalue weighted by Gasteiger charge is -2.31. The molecule has 0 bridgehead atoms. The summed E-state index contributed by atoms with van der Waals surface area (Å²) in [6.07, 6.45) is 3.70. The van der Waals surface area contributed by atoms with E-state index in [0.717, 1.165) is 25.7 Å². The van der Waals surface area contributed by atoms with Gasteiger partial charge in [0.2, 0.25) is 0 Å². The third kappa shape index (κ3) is 6.21. The average molecular weight is 414 g/mol. The number of halogens is 3. The molecule has 7 nitrogen and oxygen atoms in total. The molecule has 1 aliphatic carbocycles. The zero-order valence-electron chi connectivity index (χ0n) is 15.5. The maximum absolute atomic E-state index is 12.6. The van der Waals surface area contributed by atoms with E-state index in [1.54, 1.807) is 0 Å². The van der Waals surface area contributed by atoms with Crippen LogP contribution in [0.15, 0.2) is 4.99 Å². The van der Waals surface area contributed by atoms with Crippen molar-refractivity contribution < 1.29 is 26.7 Å². The molecule has 2 aliphatic rings. The lowest BCUT2D eigenvalue weighted by Crippen LogP contribution is -2.46. The largest absolute Gasteiger partial charge is 0.511 e. The van der Waals surface area contributed by atoms with E-state index in [9.17, 15) is 26.7 Å². The lowest BCUT2D eigenvalue weighted by molar-refractivity contribution is -0.0496. The van der Waals surface area contributed by atoms with E-state index < -0.39 is 15.5 Å². The summed E-state index contributed by atoms with van der Waals surface area (Å²) in [5.41, 5.74) is -5.24. The Labute approximate surface area is 158 Å². The average Bonchev–Trinajstić information content (AvgIpc) is 2.61. The normalized spacial score (nSPS) is 26.8. The summed E-state index contributed by atoms with van der Waals surface area (Å²) in [7, 11) is -5.23. The Morgan fingerprint density at radius 1 is 1.15 bits per heavy atom. The van der Waals surface area contributed by atoms with Gasteiger partial charge in [-0.15, -0.1) is 0 Å². The third-order valence-corrected chi connectivity index (χ3v) is 6.73. The zero-order valence-corrected chi connectivity index (χ0v) is 16.3. The van der Waals surface area contributed by atoms with E-state index >= 15 is 0 Å². The molecule has 158 valence electrons. The second kappa shape index (κ2) is 9.42. The molecule has 11 heteroatoms. The van der Waals surface area contributed by atoms with Crippen LogP contribution in [-0.2, 0) is 10.0 Å². The maximum atomic E-state index is 12.6. The highest BCUT2D eigenvalue weighted by atomic mass is 32.2. The molecule has 1 aliphatic heterocycles. The summed E-state index contributed by atoms with van der Waals surface area (Å²) in [6.45, 7) is 2.80. The molecule has 0 aromatic carbocycles. The summed E-state index contributed by atoms with van der Waals surface area (Å²) in [5, 5.41) is 16.1. The van der Waals surface area contributed by atoms with E-state index in [4.69, 9.17) is 0 Å². The molecule has 1 saturated heterocycles. The summed E-state index contributed by atoms with van der Waals surface area (Å²) >= 11 is 0. The van der Waals surface area contributed by atoms with Crippen molar-refractivity contribution in [2.75, 3.05) is 26.2 Å². The Morgan fingerprint density at radius 3 is 2.26 bits per heavy atom. The molecule has 0 spiro atoms. The van der Waals surface area contributed by atoms with Crippen molar-refractivity contribution in [1.82, 2.24) is 14.9 Å². The second-order valence-electron chi connectivity index (χ2n) is 7.16. The number of piperidine rings is 1. The van der Waals surface area contributed by atoms with E-state index in [-0.39, 0.29) is 31.2 Å². The molecule has 2 fully saturated rings. The molecule has 1 heterocycles. The minimum absolute atomic E-state index is 0.0494. The van der Waals surface area contributed by atoms with Crippen LogP contribution in [0.2, 0.25) is 0 Å². The number of hydrogen-bond donors (Lipinski definition) is 3. The van der Waals surface area contributed by atoms with Crippen LogP contribution in [-0.4, -0.2) is 67.6 Å². The number of nitrogens with zero attached hydrogens (tertiary/aromatic N) is 2. The van der Waals surface area contributed by atoms with Gasteiger partial charge in [-0.1, -0.05) is 0 Å². The summed E-state index contributed by atoms with van der Waals surface area (Å²) in [4.78, 5) is 4.53. The molecule has 27 heavy (non-hydrogen) atoms. The number of aliphatic hydroxyl groups excluding tert-OH is 1. The second-order valence-corrected chi connectivity index (χ2v) is 9.09. The van der Waals surface area contributed by atoms with Gasteiger partial charge in [0.25, 0.3) is 0 Å². The topological polar surface area (TPSA) is 94.0 Å². The number of aliphatic hydroxyl groups is 1. The van der Waals surface area contributed by atoms with Crippen molar-refractivity contribution in [2.24, 2.45) is 10.9 Å². The van der Waals surface area contributed by atoms with Crippen molar-refractivity contribution in [1.29, 1.82) is 0 Å². The van der Waals surface area contributed by atoms with E-state index in [1.165, 1.54) is 0 Å². The van der Waals surface area contributed by atoms with Gasteiger partial charge in [0.15, 0.2) is 5.96 Å². The Hall–Kier alpha value is -1.07. The molecule has 3 N–H and O–H groups in total. The quantitative estimate of drug-likeness (QED) is 0.467. The number of rotatable bonds is 5. The van der Waals surface area contributed by atoms with E-state index in [1.807, 2.05) is 6.92 Å². The lowest BCUT2D eigenvalue weighted by atomic mass is 9.93. The van der Waals surface area contributed by atoms with Crippen molar-refractivity contribution in [2.45, 2.75) is 63.1 Å².